The van der Waals surface area contributed by atoms with E-state index in [1.165, 1.54) is 0 Å². The molecular formula is C11H15NO3. The van der Waals surface area contributed by atoms with E-state index in [0.717, 1.165) is 5.56 Å². The second-order valence-electron chi connectivity index (χ2n) is 3.09. The van der Waals surface area contributed by atoms with Crippen molar-refractivity contribution in [2.24, 2.45) is 0 Å². The minimum atomic E-state index is -0.232. The van der Waals surface area contributed by atoms with Crippen LogP contribution in [0.3, 0.4) is 0 Å². The van der Waals surface area contributed by atoms with Gasteiger partial charge in [0.05, 0.1) is 13.2 Å². The molecule has 0 aromatic heterocycles. The highest BCUT2D eigenvalue weighted by Crippen LogP contribution is 2.06. The largest absolute Gasteiger partial charge is 0.382 e. The maximum Gasteiger partial charge on any atom is 0.275 e. The second kappa shape index (κ2) is 6.16. The summed E-state index contributed by atoms with van der Waals surface area (Å²) in [6, 6.07) is 7.34. The van der Waals surface area contributed by atoms with Crippen molar-refractivity contribution >= 4 is 5.91 Å². The van der Waals surface area contributed by atoms with Crippen LogP contribution in [0.5, 0.6) is 0 Å². The summed E-state index contributed by atoms with van der Waals surface area (Å²) in [6.07, 6.45) is 0. The molecule has 1 aromatic rings. The third kappa shape index (κ3) is 3.69. The molecule has 4 heteroatoms. The summed E-state index contributed by atoms with van der Waals surface area (Å²) >= 11 is 0. The summed E-state index contributed by atoms with van der Waals surface area (Å²) in [5, 5.41) is 0. The zero-order chi connectivity index (χ0) is 11.1. The van der Waals surface area contributed by atoms with Crippen LogP contribution in [-0.2, 0) is 9.57 Å². The standard InChI is InChI=1S/C11H15NO3/c1-9-5-3-4-6-10(9)11(13)12-15-8-7-14-2/h3-6H,7-8H2,1-2H3,(H,12,13). The van der Waals surface area contributed by atoms with Crippen molar-refractivity contribution in [1.82, 2.24) is 5.48 Å². The van der Waals surface area contributed by atoms with E-state index in [-0.39, 0.29) is 5.91 Å². The summed E-state index contributed by atoms with van der Waals surface area (Å²) in [5.74, 6) is -0.232. The van der Waals surface area contributed by atoms with Gasteiger partial charge in [-0.3, -0.25) is 9.63 Å². The number of carbonyl (C=O) groups excluding carboxylic acids is 1. The lowest BCUT2D eigenvalue weighted by Crippen LogP contribution is -2.26. The number of ether oxygens (including phenoxy) is 1. The molecule has 82 valence electrons. The number of methoxy groups -OCH3 is 1. The molecule has 0 heterocycles. The molecular weight excluding hydrogens is 194 g/mol. The number of hydroxylamine groups is 1. The van der Waals surface area contributed by atoms with Gasteiger partial charge >= 0.3 is 0 Å². The van der Waals surface area contributed by atoms with Crippen molar-refractivity contribution in [3.63, 3.8) is 0 Å². The number of benzene rings is 1. The first-order valence-corrected chi connectivity index (χ1v) is 4.72. The monoisotopic (exact) mass is 209 g/mol. The van der Waals surface area contributed by atoms with E-state index in [4.69, 9.17) is 9.57 Å². The molecule has 0 saturated carbocycles. The van der Waals surface area contributed by atoms with E-state index in [1.807, 2.05) is 25.1 Å². The molecule has 1 N–H and O–H groups in total. The Balaban J connectivity index is 2.44. The predicted octanol–water partition coefficient (Wildman–Crippen LogP) is 1.30. The molecule has 0 fully saturated rings. The Bertz CT molecular complexity index is 325. The zero-order valence-corrected chi connectivity index (χ0v) is 8.95. The van der Waals surface area contributed by atoms with Crippen LogP contribution in [0.25, 0.3) is 0 Å². The van der Waals surface area contributed by atoms with Crippen LogP contribution >= 0.6 is 0 Å². The molecule has 15 heavy (non-hydrogen) atoms. The van der Waals surface area contributed by atoms with E-state index in [9.17, 15) is 4.79 Å². The van der Waals surface area contributed by atoms with Crippen LogP contribution in [0.1, 0.15) is 15.9 Å². The van der Waals surface area contributed by atoms with Gasteiger partial charge in [-0.25, -0.2) is 5.48 Å². The van der Waals surface area contributed by atoms with Crippen LogP contribution in [0, 0.1) is 6.92 Å². The van der Waals surface area contributed by atoms with Crippen LogP contribution in [0.4, 0.5) is 0 Å². The van der Waals surface area contributed by atoms with Crippen LogP contribution < -0.4 is 5.48 Å². The highest BCUT2D eigenvalue weighted by molar-refractivity contribution is 5.94. The molecule has 0 radical (unpaired) electrons. The Morgan fingerprint density at radius 1 is 1.33 bits per heavy atom. The van der Waals surface area contributed by atoms with E-state index in [2.05, 4.69) is 5.48 Å². The molecule has 0 saturated heterocycles. The van der Waals surface area contributed by atoms with E-state index < -0.39 is 0 Å². The molecule has 0 bridgehead atoms. The molecule has 0 aliphatic heterocycles. The van der Waals surface area contributed by atoms with Crippen LogP contribution in [0.2, 0.25) is 0 Å². The van der Waals surface area contributed by atoms with Gasteiger partial charge in [-0.2, -0.15) is 0 Å². The predicted molar refractivity (Wildman–Crippen MR) is 56.5 cm³/mol. The molecule has 1 rings (SSSR count). The number of hydrogen-bond acceptors (Lipinski definition) is 3. The van der Waals surface area contributed by atoms with Gasteiger partial charge in [-0.05, 0) is 18.6 Å². The van der Waals surface area contributed by atoms with Crippen molar-refractivity contribution in [2.75, 3.05) is 20.3 Å². The number of nitrogens with one attached hydrogen (secondary N) is 1. The fraction of sp³-hybridized carbons (Fsp3) is 0.364. The zero-order valence-electron chi connectivity index (χ0n) is 8.95. The van der Waals surface area contributed by atoms with Gasteiger partial charge in [0.1, 0.15) is 0 Å². The minimum absolute atomic E-state index is 0.232. The number of carbonyl (C=O) groups is 1. The fourth-order valence-corrected chi connectivity index (χ4v) is 1.12. The van der Waals surface area contributed by atoms with Gasteiger partial charge in [0.15, 0.2) is 0 Å². The van der Waals surface area contributed by atoms with Gasteiger partial charge in [0.2, 0.25) is 0 Å². The first kappa shape index (κ1) is 11.7. The Morgan fingerprint density at radius 3 is 2.73 bits per heavy atom. The Labute approximate surface area is 89.1 Å². The third-order valence-corrected chi connectivity index (χ3v) is 1.94. The first-order valence-electron chi connectivity index (χ1n) is 4.72. The van der Waals surface area contributed by atoms with Crippen molar-refractivity contribution in [3.8, 4) is 0 Å². The maximum atomic E-state index is 11.6. The van der Waals surface area contributed by atoms with Crippen molar-refractivity contribution in [1.29, 1.82) is 0 Å². The minimum Gasteiger partial charge on any atom is -0.382 e. The second-order valence-corrected chi connectivity index (χ2v) is 3.09. The van der Waals surface area contributed by atoms with Crippen LogP contribution in [0.15, 0.2) is 24.3 Å². The van der Waals surface area contributed by atoms with Crippen molar-refractivity contribution in [2.45, 2.75) is 6.92 Å². The van der Waals surface area contributed by atoms with Crippen molar-refractivity contribution in [3.05, 3.63) is 35.4 Å². The summed E-state index contributed by atoms with van der Waals surface area (Å²) < 4.78 is 4.78. The van der Waals surface area contributed by atoms with Gasteiger partial charge in [0.25, 0.3) is 5.91 Å². The normalized spacial score (nSPS) is 10.0. The molecule has 0 atom stereocenters. The molecule has 0 spiro atoms. The topological polar surface area (TPSA) is 47.6 Å². The van der Waals surface area contributed by atoms with Crippen molar-refractivity contribution < 1.29 is 14.4 Å². The van der Waals surface area contributed by atoms with E-state index in [1.54, 1.807) is 13.2 Å². The van der Waals surface area contributed by atoms with Gasteiger partial charge in [-0.15, -0.1) is 0 Å². The lowest BCUT2D eigenvalue weighted by atomic mass is 10.1. The molecule has 1 amide bonds. The van der Waals surface area contributed by atoms with Gasteiger partial charge in [0, 0.05) is 12.7 Å². The SMILES string of the molecule is COCCONC(=O)c1ccccc1C. The Kier molecular flexibility index (Phi) is 4.80. The average molecular weight is 209 g/mol. The third-order valence-electron chi connectivity index (χ3n) is 1.94. The molecule has 0 aliphatic rings. The quantitative estimate of drug-likeness (QED) is 0.587. The lowest BCUT2D eigenvalue weighted by Gasteiger charge is -2.07. The highest BCUT2D eigenvalue weighted by atomic mass is 16.7. The van der Waals surface area contributed by atoms with Gasteiger partial charge < -0.3 is 4.74 Å². The molecule has 0 unspecified atom stereocenters. The molecule has 4 nitrogen and oxygen atoms in total. The summed E-state index contributed by atoms with van der Waals surface area (Å²) in [5.41, 5.74) is 3.90. The highest BCUT2D eigenvalue weighted by Gasteiger charge is 2.06. The summed E-state index contributed by atoms with van der Waals surface area (Å²) in [4.78, 5) is 16.5. The summed E-state index contributed by atoms with van der Waals surface area (Å²) in [7, 11) is 1.58. The lowest BCUT2D eigenvalue weighted by molar-refractivity contribution is 0.00885. The number of aryl methyl sites for hydroxylation is 1. The van der Waals surface area contributed by atoms with E-state index in [0.29, 0.717) is 18.8 Å². The number of amides is 1. The average Bonchev–Trinajstić information content (AvgIpc) is 2.25. The fourth-order valence-electron chi connectivity index (χ4n) is 1.12. The maximum absolute atomic E-state index is 11.6. The Morgan fingerprint density at radius 2 is 2.07 bits per heavy atom. The van der Waals surface area contributed by atoms with Crippen LogP contribution in [-0.4, -0.2) is 26.2 Å². The summed E-state index contributed by atoms with van der Waals surface area (Å²) in [6.45, 7) is 2.67. The number of rotatable bonds is 5. The van der Waals surface area contributed by atoms with E-state index >= 15 is 0 Å². The number of hydrogen-bond donors (Lipinski definition) is 1. The first-order chi connectivity index (χ1) is 7.25. The molecule has 0 aliphatic carbocycles. The smallest absolute Gasteiger partial charge is 0.275 e. The molecule has 1 aromatic carbocycles. The Hall–Kier alpha value is -1.39. The van der Waals surface area contributed by atoms with Gasteiger partial charge in [-0.1, -0.05) is 18.2 Å².